The predicted octanol–water partition coefficient (Wildman–Crippen LogP) is -5.19. The number of rotatable bonds is 11. The molecule has 0 heterocycles. The van der Waals surface area contributed by atoms with Crippen molar-refractivity contribution in [1.29, 1.82) is 0 Å². The summed E-state index contributed by atoms with van der Waals surface area (Å²) < 4.78 is 0. The third-order valence-electron chi connectivity index (χ3n) is 2.78. The molecule has 0 N–H and O–H groups in total. The van der Waals surface area contributed by atoms with E-state index in [2.05, 4.69) is 6.92 Å². The molecular weight excluding hydrogens is 310 g/mol. The molecule has 0 aromatic rings. The van der Waals surface area contributed by atoms with Gasteiger partial charge in [0.05, 0.1) is 0 Å². The van der Waals surface area contributed by atoms with Gasteiger partial charge in [0.15, 0.2) is 0 Å². The molecule has 0 saturated heterocycles. The Morgan fingerprint density at radius 1 is 1.00 bits per heavy atom. The van der Waals surface area contributed by atoms with Crippen molar-refractivity contribution in [2.75, 3.05) is 0 Å². The van der Waals surface area contributed by atoms with Crippen LogP contribution < -0.4 is 113 Å². The minimum Gasteiger partial charge on any atom is -0.550 e. The van der Waals surface area contributed by atoms with E-state index >= 15 is 0 Å². The zero-order valence-electron chi connectivity index (χ0n) is 13.0. The normalized spacial score (nSPS) is 11.4. The molecule has 104 valence electrons. The molecule has 1 unspecified atom stereocenters. The first kappa shape index (κ1) is 26.8. The smallest absolute Gasteiger partial charge is 0.550 e. The van der Waals surface area contributed by atoms with Crippen LogP contribution in [-0.4, -0.2) is 11.9 Å². The predicted molar refractivity (Wildman–Crippen MR) is 65.3 cm³/mol. The second kappa shape index (κ2) is 19.0. The summed E-state index contributed by atoms with van der Waals surface area (Å²) in [5.74, 6) is -3.80. The molecule has 0 bridgehead atoms. The first-order valence-corrected chi connectivity index (χ1v) is 6.65. The molecule has 0 spiro atoms. The number of carbonyl (C=O) groups excluding carboxylic acids is 2. The van der Waals surface area contributed by atoms with Crippen LogP contribution >= 0.6 is 0 Å². The van der Waals surface area contributed by atoms with E-state index in [1.54, 1.807) is 6.08 Å². The quantitative estimate of drug-likeness (QED) is 0.215. The van der Waals surface area contributed by atoms with Gasteiger partial charge in [-0.25, -0.2) is 0 Å². The summed E-state index contributed by atoms with van der Waals surface area (Å²) in [6, 6.07) is 0. The fourth-order valence-corrected chi connectivity index (χ4v) is 1.71. The van der Waals surface area contributed by atoms with Crippen molar-refractivity contribution in [2.45, 2.75) is 58.3 Å². The second-order valence-corrected chi connectivity index (χ2v) is 4.49. The molecule has 6 heteroatoms. The first-order valence-electron chi connectivity index (χ1n) is 6.65. The molecule has 0 aliphatic heterocycles. The molecule has 0 radical (unpaired) electrons. The van der Waals surface area contributed by atoms with Gasteiger partial charge in [0.2, 0.25) is 0 Å². The number of allylic oxidation sites excluding steroid dienone is 1. The van der Waals surface area contributed by atoms with Gasteiger partial charge in [0.25, 0.3) is 0 Å². The molecule has 0 aliphatic carbocycles. The van der Waals surface area contributed by atoms with Crippen molar-refractivity contribution in [2.24, 2.45) is 5.92 Å². The minimum atomic E-state index is -1.37. The van der Waals surface area contributed by atoms with E-state index < -0.39 is 24.3 Å². The van der Waals surface area contributed by atoms with Gasteiger partial charge in [-0.05, 0) is 19.3 Å². The van der Waals surface area contributed by atoms with Gasteiger partial charge in [-0.2, -0.15) is 0 Å². The summed E-state index contributed by atoms with van der Waals surface area (Å²) in [5, 5.41) is 20.9. The van der Waals surface area contributed by atoms with Crippen LogP contribution in [0.15, 0.2) is 12.2 Å². The molecule has 0 aromatic heterocycles. The Hall–Kier alpha value is 1.95. The van der Waals surface area contributed by atoms with Crippen LogP contribution in [-0.2, 0) is 9.59 Å². The van der Waals surface area contributed by atoms with Crippen LogP contribution in [0.25, 0.3) is 0 Å². The fraction of sp³-hybridized carbons (Fsp3) is 0.714. The molecule has 0 rings (SSSR count). The van der Waals surface area contributed by atoms with Gasteiger partial charge >= 0.3 is 103 Å². The molecule has 1 atom stereocenters. The zero-order chi connectivity index (χ0) is 13.8. The van der Waals surface area contributed by atoms with Crippen LogP contribution in [0.2, 0.25) is 0 Å². The monoisotopic (exact) mass is 332 g/mol. The van der Waals surface area contributed by atoms with Gasteiger partial charge in [-0.3, -0.25) is 0 Å². The van der Waals surface area contributed by atoms with Crippen molar-refractivity contribution >= 4 is 11.9 Å². The van der Waals surface area contributed by atoms with Crippen molar-refractivity contribution in [3.63, 3.8) is 0 Å². The maximum absolute atomic E-state index is 10.6. The molecule has 4 nitrogen and oxygen atoms in total. The third kappa shape index (κ3) is 18.0. The van der Waals surface area contributed by atoms with Crippen LogP contribution in [0.3, 0.4) is 0 Å². The molecule has 0 amide bonds. The van der Waals surface area contributed by atoms with E-state index in [9.17, 15) is 19.8 Å². The Labute approximate surface area is 207 Å². The molecule has 0 fully saturated rings. The summed E-state index contributed by atoms with van der Waals surface area (Å²) in [5.41, 5.74) is 0. The third-order valence-corrected chi connectivity index (χ3v) is 2.78. The Kier molecular flexibility index (Phi) is 25.5. The van der Waals surface area contributed by atoms with Gasteiger partial charge < -0.3 is 19.8 Å². The summed E-state index contributed by atoms with van der Waals surface area (Å²) in [6.07, 6.45) is 10.4. The fourth-order valence-electron chi connectivity index (χ4n) is 1.71. The number of aliphatic carboxylic acids is 2. The number of carbonyl (C=O) groups is 2. The van der Waals surface area contributed by atoms with Gasteiger partial charge in [-0.1, -0.05) is 51.2 Å². The van der Waals surface area contributed by atoms with Crippen molar-refractivity contribution in [3.05, 3.63) is 12.2 Å². The van der Waals surface area contributed by atoms with Crippen LogP contribution in [0.1, 0.15) is 58.3 Å². The molecule has 0 aromatic carbocycles. The summed E-state index contributed by atoms with van der Waals surface area (Å²) in [7, 11) is 0. The summed E-state index contributed by atoms with van der Waals surface area (Å²) in [4.78, 5) is 20.9. The Morgan fingerprint density at radius 2 is 1.55 bits per heavy atom. The maximum Gasteiger partial charge on any atom is 1.00 e. The average Bonchev–Trinajstić information content (AvgIpc) is 2.30. The maximum atomic E-state index is 10.6. The second-order valence-electron chi connectivity index (χ2n) is 4.49. The van der Waals surface area contributed by atoms with E-state index in [0.717, 1.165) is 19.3 Å². The molecule has 0 saturated carbocycles. The van der Waals surface area contributed by atoms with Crippen molar-refractivity contribution in [1.82, 2.24) is 0 Å². The van der Waals surface area contributed by atoms with Crippen LogP contribution in [0.4, 0.5) is 0 Å². The van der Waals surface area contributed by atoms with Gasteiger partial charge in [0.1, 0.15) is 0 Å². The number of carboxylic acids is 2. The Balaban J connectivity index is -0.00000144. The van der Waals surface area contributed by atoms with Crippen LogP contribution in [0.5, 0.6) is 0 Å². The zero-order valence-corrected chi connectivity index (χ0v) is 19.3. The topological polar surface area (TPSA) is 80.3 Å². The van der Waals surface area contributed by atoms with Gasteiger partial charge in [0, 0.05) is 17.9 Å². The number of hydrogen-bond donors (Lipinski definition) is 0. The minimum absolute atomic E-state index is 0. The van der Waals surface area contributed by atoms with E-state index in [4.69, 9.17) is 0 Å². The van der Waals surface area contributed by atoms with Gasteiger partial charge in [-0.15, -0.1) is 0 Å². The van der Waals surface area contributed by atoms with Crippen molar-refractivity contribution < 1.29 is 123 Å². The average molecular weight is 333 g/mol. The number of carboxylic acid groups (broad SMARTS) is 2. The number of unbranched alkanes of at least 4 members (excludes halogenated alkanes) is 6. The SMILES string of the molecule is CCCCCCCCC=CC(CC(=O)[O-])C(=O)[O-].[K+].[K+]. The Morgan fingerprint density at radius 3 is 2.05 bits per heavy atom. The largest absolute Gasteiger partial charge is 1.00 e. The van der Waals surface area contributed by atoms with E-state index in [-0.39, 0.29) is 103 Å². The van der Waals surface area contributed by atoms with E-state index in [0.29, 0.717) is 0 Å². The number of hydrogen-bond acceptors (Lipinski definition) is 4. The van der Waals surface area contributed by atoms with Crippen LogP contribution in [0, 0.1) is 5.92 Å². The standard InChI is InChI=1S/C14H24O4.2K/c1-2-3-4-5-6-7-8-9-10-12(14(17)18)11-13(15)16;;/h9-10,12H,2-8,11H2,1H3,(H,15,16)(H,17,18);;/q;2*+1/p-2. The molecular formula is C14H22K2O4. The Bertz CT molecular complexity index is 280. The van der Waals surface area contributed by atoms with E-state index in [1.807, 2.05) is 0 Å². The summed E-state index contributed by atoms with van der Waals surface area (Å²) in [6.45, 7) is 2.17. The van der Waals surface area contributed by atoms with Crippen molar-refractivity contribution in [3.8, 4) is 0 Å². The molecule has 20 heavy (non-hydrogen) atoms. The molecule has 0 aliphatic rings. The summed E-state index contributed by atoms with van der Waals surface area (Å²) >= 11 is 0. The van der Waals surface area contributed by atoms with E-state index in [1.165, 1.54) is 31.8 Å². The first-order chi connectivity index (χ1) is 8.57.